The van der Waals surface area contributed by atoms with E-state index in [0.29, 0.717) is 59.2 Å². The van der Waals surface area contributed by atoms with Gasteiger partial charge in [-0.15, -0.1) is 0 Å². The molecule has 0 aliphatic carbocycles. The first-order valence-corrected chi connectivity index (χ1v) is 18.5. The van der Waals surface area contributed by atoms with E-state index in [0.717, 1.165) is 16.7 Å². The number of rotatable bonds is 23. The fourth-order valence-corrected chi connectivity index (χ4v) is 5.86. The summed E-state index contributed by atoms with van der Waals surface area (Å²) in [5, 5.41) is 0.520. The number of halogens is 3. The molecule has 1 aromatic rings. The first kappa shape index (κ1) is 40.9. The topological polar surface area (TPSA) is 97.8 Å². The molecule has 0 bridgehead atoms. The predicted molar refractivity (Wildman–Crippen MR) is 183 cm³/mol. The lowest BCUT2D eigenvalue weighted by Crippen LogP contribution is -2.40. The molecular formula is C31H50Br3N3O7. The standard InChI is InChI=1S/C31H50Br3N3O7/c1-7-41-23(5)17-35(28(38)14-32)19-25-11-26(20-36(29(39)15-33)18-24(6)42-8-2)13-27(12-25)21-37(30(40)16-34)22-31(43-9-3)44-10-4/h11-13,23-24,31H,7-10,14-22H2,1-6H3. The van der Waals surface area contributed by atoms with Gasteiger partial charge in [0.1, 0.15) is 0 Å². The van der Waals surface area contributed by atoms with Crippen LogP contribution in [0.5, 0.6) is 0 Å². The Bertz CT molecular complexity index is 944. The summed E-state index contributed by atoms with van der Waals surface area (Å²) in [7, 11) is 0. The normalized spacial score (nSPS) is 12.7. The van der Waals surface area contributed by atoms with E-state index in [1.54, 1.807) is 14.7 Å². The quantitative estimate of drug-likeness (QED) is 0.112. The van der Waals surface area contributed by atoms with Gasteiger partial charge in [-0.3, -0.25) is 14.4 Å². The lowest BCUT2D eigenvalue weighted by Gasteiger charge is -2.29. The molecule has 0 saturated heterocycles. The number of benzene rings is 1. The van der Waals surface area contributed by atoms with E-state index in [1.807, 2.05) is 59.7 Å². The molecule has 3 amide bonds. The SMILES string of the molecule is CCOC(C)CN(Cc1cc(CN(CC(C)OCC)C(=O)CBr)cc(CN(CC(OCC)OCC)C(=O)CBr)c1)C(=O)CBr. The molecule has 0 N–H and O–H groups in total. The second-order valence-corrected chi connectivity index (χ2v) is 11.9. The van der Waals surface area contributed by atoms with E-state index in [2.05, 4.69) is 47.8 Å². The van der Waals surface area contributed by atoms with Crippen molar-refractivity contribution in [1.82, 2.24) is 14.7 Å². The first-order chi connectivity index (χ1) is 21.0. The Balaban J connectivity index is 3.55. The molecule has 1 aromatic carbocycles. The summed E-state index contributed by atoms with van der Waals surface area (Å²) in [4.78, 5) is 44.1. The summed E-state index contributed by atoms with van der Waals surface area (Å²) in [5.41, 5.74) is 2.64. The fourth-order valence-electron chi connectivity index (χ4n) is 4.79. The van der Waals surface area contributed by atoms with Crippen molar-refractivity contribution in [3.05, 3.63) is 34.9 Å². The third-order valence-electron chi connectivity index (χ3n) is 6.57. The van der Waals surface area contributed by atoms with Crippen molar-refractivity contribution < 1.29 is 33.3 Å². The van der Waals surface area contributed by atoms with Gasteiger partial charge in [-0.2, -0.15) is 0 Å². The van der Waals surface area contributed by atoms with Crippen LogP contribution < -0.4 is 0 Å². The van der Waals surface area contributed by atoms with Gasteiger partial charge in [-0.1, -0.05) is 66.0 Å². The zero-order chi connectivity index (χ0) is 33.1. The second-order valence-electron chi connectivity index (χ2n) is 10.3. The van der Waals surface area contributed by atoms with E-state index in [4.69, 9.17) is 18.9 Å². The molecular weight excluding hydrogens is 766 g/mol. The van der Waals surface area contributed by atoms with E-state index < -0.39 is 6.29 Å². The van der Waals surface area contributed by atoms with Crippen molar-refractivity contribution in [2.45, 2.75) is 79.7 Å². The highest BCUT2D eigenvalue weighted by atomic mass is 79.9. The van der Waals surface area contributed by atoms with Gasteiger partial charge in [-0.25, -0.2) is 0 Å². The summed E-state index contributed by atoms with van der Waals surface area (Å²) in [6, 6.07) is 6.03. The Morgan fingerprint density at radius 3 is 1.14 bits per heavy atom. The van der Waals surface area contributed by atoms with E-state index in [9.17, 15) is 14.4 Å². The van der Waals surface area contributed by atoms with Gasteiger partial charge in [0.05, 0.1) is 34.7 Å². The molecule has 252 valence electrons. The minimum Gasteiger partial charge on any atom is -0.377 e. The third kappa shape index (κ3) is 15.5. The molecule has 0 saturated carbocycles. The van der Waals surface area contributed by atoms with Crippen molar-refractivity contribution in [3.8, 4) is 0 Å². The second kappa shape index (κ2) is 23.3. The molecule has 0 aliphatic rings. The number of hydrogen-bond donors (Lipinski definition) is 0. The maximum atomic E-state index is 13.0. The first-order valence-electron chi connectivity index (χ1n) is 15.1. The largest absolute Gasteiger partial charge is 0.377 e. The monoisotopic (exact) mass is 813 g/mol. The molecule has 0 fully saturated rings. The Morgan fingerprint density at radius 2 is 0.864 bits per heavy atom. The van der Waals surface area contributed by atoms with E-state index >= 15 is 0 Å². The molecule has 0 radical (unpaired) electrons. The van der Waals surface area contributed by atoms with E-state index in [1.165, 1.54) is 0 Å². The highest BCUT2D eigenvalue weighted by molar-refractivity contribution is 9.09. The highest BCUT2D eigenvalue weighted by Crippen LogP contribution is 2.19. The lowest BCUT2D eigenvalue weighted by atomic mass is 10.0. The zero-order valence-electron chi connectivity index (χ0n) is 27.0. The molecule has 0 aliphatic heterocycles. The Labute approximate surface area is 288 Å². The van der Waals surface area contributed by atoms with Crippen molar-refractivity contribution in [2.75, 3.05) is 62.1 Å². The fraction of sp³-hybridized carbons (Fsp3) is 0.710. The number of alkyl halides is 3. The number of ether oxygens (including phenoxy) is 4. The summed E-state index contributed by atoms with van der Waals surface area (Å²) < 4.78 is 22.9. The zero-order valence-corrected chi connectivity index (χ0v) is 31.7. The van der Waals surface area contributed by atoms with Crippen LogP contribution in [0.2, 0.25) is 0 Å². The van der Waals surface area contributed by atoms with Crippen LogP contribution in [0.15, 0.2) is 18.2 Å². The van der Waals surface area contributed by atoms with Crippen molar-refractivity contribution >= 4 is 65.5 Å². The van der Waals surface area contributed by atoms with E-state index in [-0.39, 0.29) is 52.5 Å². The van der Waals surface area contributed by atoms with Gasteiger partial charge in [0, 0.05) is 59.2 Å². The number of carbonyl (C=O) groups excluding carboxylic acids is 3. The van der Waals surface area contributed by atoms with Crippen LogP contribution in [0.4, 0.5) is 0 Å². The molecule has 1 rings (SSSR count). The van der Waals surface area contributed by atoms with Crippen LogP contribution in [0, 0.1) is 0 Å². The van der Waals surface area contributed by atoms with Gasteiger partial charge in [-0.05, 0) is 58.2 Å². The minimum absolute atomic E-state index is 0.0579. The summed E-state index contributed by atoms with van der Waals surface area (Å²) >= 11 is 9.95. The van der Waals surface area contributed by atoms with Crippen LogP contribution in [-0.2, 0) is 53.0 Å². The Morgan fingerprint density at radius 1 is 0.568 bits per heavy atom. The average molecular weight is 816 g/mol. The Kier molecular flexibility index (Phi) is 21.6. The van der Waals surface area contributed by atoms with Gasteiger partial charge < -0.3 is 33.6 Å². The number of hydrogen-bond acceptors (Lipinski definition) is 7. The molecule has 13 heteroatoms. The number of carbonyl (C=O) groups is 3. The molecule has 0 spiro atoms. The predicted octanol–water partition coefficient (Wildman–Crippen LogP) is 5.11. The molecule has 0 heterocycles. The highest BCUT2D eigenvalue weighted by Gasteiger charge is 2.23. The third-order valence-corrected chi connectivity index (χ3v) is 8.00. The van der Waals surface area contributed by atoms with Gasteiger partial charge in [0.2, 0.25) is 17.7 Å². The summed E-state index contributed by atoms with van der Waals surface area (Å²) in [5.74, 6) is -0.223. The van der Waals surface area contributed by atoms with Crippen LogP contribution >= 0.6 is 47.8 Å². The Hall–Kier alpha value is -1.09. The minimum atomic E-state index is -0.560. The van der Waals surface area contributed by atoms with Gasteiger partial charge >= 0.3 is 0 Å². The maximum absolute atomic E-state index is 13.0. The summed E-state index contributed by atoms with van der Waals surface area (Å²) in [6.45, 7) is 15.6. The molecule has 44 heavy (non-hydrogen) atoms. The number of amides is 3. The maximum Gasteiger partial charge on any atom is 0.233 e. The van der Waals surface area contributed by atoms with Crippen molar-refractivity contribution in [3.63, 3.8) is 0 Å². The van der Waals surface area contributed by atoms with Gasteiger partial charge in [0.15, 0.2) is 6.29 Å². The lowest BCUT2D eigenvalue weighted by molar-refractivity contribution is -0.158. The summed E-state index contributed by atoms with van der Waals surface area (Å²) in [6.07, 6.45) is -0.840. The van der Waals surface area contributed by atoms with Crippen LogP contribution in [0.25, 0.3) is 0 Å². The molecule has 2 unspecified atom stereocenters. The van der Waals surface area contributed by atoms with Crippen LogP contribution in [0.3, 0.4) is 0 Å². The number of nitrogens with zero attached hydrogens (tertiary/aromatic N) is 3. The molecule has 2 atom stereocenters. The van der Waals surface area contributed by atoms with Crippen LogP contribution in [-0.4, -0.2) is 113 Å². The smallest absolute Gasteiger partial charge is 0.233 e. The van der Waals surface area contributed by atoms with Crippen molar-refractivity contribution in [1.29, 1.82) is 0 Å². The average Bonchev–Trinajstić information content (AvgIpc) is 2.99. The van der Waals surface area contributed by atoms with Crippen LogP contribution in [0.1, 0.15) is 58.2 Å². The molecule has 10 nitrogen and oxygen atoms in total. The van der Waals surface area contributed by atoms with Gasteiger partial charge in [0.25, 0.3) is 0 Å². The molecule has 0 aromatic heterocycles. The van der Waals surface area contributed by atoms with Crippen molar-refractivity contribution in [2.24, 2.45) is 0 Å².